The molecule has 0 saturated heterocycles. The summed E-state index contributed by atoms with van der Waals surface area (Å²) in [6.07, 6.45) is -5.76. The lowest BCUT2D eigenvalue weighted by Crippen LogP contribution is -2.21. The minimum atomic E-state index is -4.46. The van der Waals surface area contributed by atoms with E-state index in [1.807, 2.05) is 0 Å². The molecule has 0 fully saturated rings. The number of nitrogens with two attached hydrogens (primary N) is 1. The molecule has 0 amide bonds. The van der Waals surface area contributed by atoms with Gasteiger partial charge in [-0.25, -0.2) is 0 Å². The molecule has 0 radical (unpaired) electrons. The van der Waals surface area contributed by atoms with E-state index in [2.05, 4.69) is 4.74 Å². The summed E-state index contributed by atoms with van der Waals surface area (Å²) in [5.41, 5.74) is 5.22. The topological polar surface area (TPSA) is 35.2 Å². The lowest BCUT2D eigenvalue weighted by Gasteiger charge is -2.17. The fourth-order valence-electron chi connectivity index (χ4n) is 1.35. The second kappa shape index (κ2) is 5.31. The van der Waals surface area contributed by atoms with Gasteiger partial charge in [0.25, 0.3) is 0 Å². The molecule has 0 aromatic heterocycles. The van der Waals surface area contributed by atoms with Gasteiger partial charge in [0.15, 0.2) is 0 Å². The number of hydrogen-bond acceptors (Lipinski definition) is 2. The van der Waals surface area contributed by atoms with Gasteiger partial charge >= 0.3 is 12.8 Å². The van der Waals surface area contributed by atoms with Crippen LogP contribution in [0, 0.1) is 0 Å². The van der Waals surface area contributed by atoms with Crippen molar-refractivity contribution in [2.24, 2.45) is 5.73 Å². The van der Waals surface area contributed by atoms with E-state index in [0.717, 1.165) is 6.07 Å². The maximum absolute atomic E-state index is 12.1. The summed E-state index contributed by atoms with van der Waals surface area (Å²) in [5.74, 6) is -0.334. The van der Waals surface area contributed by atoms with Crippen molar-refractivity contribution in [1.29, 1.82) is 0 Å². The first-order valence-corrected chi connectivity index (χ1v) is 4.65. The van der Waals surface area contributed by atoms with Crippen LogP contribution in [0.3, 0.4) is 0 Å². The number of alkyl halides is 5. The molecule has 1 atom stereocenters. The van der Waals surface area contributed by atoms with E-state index in [0.29, 0.717) is 0 Å². The molecule has 1 aromatic carbocycles. The average Bonchev–Trinajstić information content (AvgIpc) is 2.14. The van der Waals surface area contributed by atoms with Gasteiger partial charge < -0.3 is 10.5 Å². The number of para-hydroxylation sites is 1. The van der Waals surface area contributed by atoms with Crippen molar-refractivity contribution in [2.45, 2.75) is 25.3 Å². The van der Waals surface area contributed by atoms with Crippen LogP contribution in [0.2, 0.25) is 0 Å². The molecular weight excluding hydrogens is 245 g/mol. The molecule has 96 valence electrons. The van der Waals surface area contributed by atoms with Crippen LogP contribution in [-0.4, -0.2) is 12.8 Å². The molecule has 2 N–H and O–H groups in total. The average molecular weight is 255 g/mol. The van der Waals surface area contributed by atoms with Crippen molar-refractivity contribution in [3.05, 3.63) is 29.8 Å². The Morgan fingerprint density at radius 1 is 1.18 bits per heavy atom. The van der Waals surface area contributed by atoms with Crippen molar-refractivity contribution in [1.82, 2.24) is 0 Å². The van der Waals surface area contributed by atoms with E-state index in [1.165, 1.54) is 18.2 Å². The molecule has 0 spiro atoms. The minimum Gasteiger partial charge on any atom is -0.434 e. The van der Waals surface area contributed by atoms with Gasteiger partial charge in [-0.15, -0.1) is 0 Å². The fraction of sp³-hybridized carbons (Fsp3) is 0.400. The molecule has 17 heavy (non-hydrogen) atoms. The number of benzene rings is 1. The van der Waals surface area contributed by atoms with E-state index >= 15 is 0 Å². The maximum Gasteiger partial charge on any atom is 0.390 e. The zero-order valence-corrected chi connectivity index (χ0v) is 8.55. The SMILES string of the molecule is N[C@H](CC(F)(F)F)c1ccccc1OC(F)F. The Bertz CT molecular complexity index is 366. The maximum atomic E-state index is 12.1. The third kappa shape index (κ3) is 4.56. The Morgan fingerprint density at radius 2 is 1.76 bits per heavy atom. The van der Waals surface area contributed by atoms with Crippen molar-refractivity contribution in [3.63, 3.8) is 0 Å². The van der Waals surface area contributed by atoms with E-state index in [9.17, 15) is 22.0 Å². The Labute approximate surface area is 94.2 Å². The van der Waals surface area contributed by atoms with Crippen LogP contribution in [0.15, 0.2) is 24.3 Å². The molecule has 1 aromatic rings. The number of halogens is 5. The highest BCUT2D eigenvalue weighted by Crippen LogP contribution is 2.32. The summed E-state index contributed by atoms with van der Waals surface area (Å²) in [7, 11) is 0. The highest BCUT2D eigenvalue weighted by molar-refractivity contribution is 5.35. The van der Waals surface area contributed by atoms with Crippen LogP contribution in [0.4, 0.5) is 22.0 Å². The molecule has 0 bridgehead atoms. The second-order valence-corrected chi connectivity index (χ2v) is 3.34. The Hall–Kier alpha value is -1.37. The molecule has 0 aliphatic rings. The van der Waals surface area contributed by atoms with Gasteiger partial charge in [0.05, 0.1) is 6.42 Å². The van der Waals surface area contributed by atoms with Crippen molar-refractivity contribution < 1.29 is 26.7 Å². The van der Waals surface area contributed by atoms with E-state index in [1.54, 1.807) is 0 Å². The predicted octanol–water partition coefficient (Wildman–Crippen LogP) is 3.24. The summed E-state index contributed by atoms with van der Waals surface area (Å²) in [5, 5.41) is 0. The van der Waals surface area contributed by atoms with Crippen LogP contribution < -0.4 is 10.5 Å². The van der Waals surface area contributed by atoms with Crippen LogP contribution in [0.1, 0.15) is 18.0 Å². The number of hydrogen-bond donors (Lipinski definition) is 1. The monoisotopic (exact) mass is 255 g/mol. The number of ether oxygens (including phenoxy) is 1. The Kier molecular flexibility index (Phi) is 4.28. The summed E-state index contributed by atoms with van der Waals surface area (Å²) in [6, 6.07) is 3.74. The van der Waals surface area contributed by atoms with Gasteiger partial charge in [0.2, 0.25) is 0 Å². The van der Waals surface area contributed by atoms with Crippen LogP contribution >= 0.6 is 0 Å². The smallest absolute Gasteiger partial charge is 0.390 e. The molecule has 0 aliphatic heterocycles. The first-order chi connectivity index (χ1) is 7.79. The molecule has 0 unspecified atom stereocenters. The summed E-state index contributed by atoms with van der Waals surface area (Å²) >= 11 is 0. The zero-order chi connectivity index (χ0) is 13.1. The predicted molar refractivity (Wildman–Crippen MR) is 50.7 cm³/mol. The van der Waals surface area contributed by atoms with Gasteiger partial charge in [0, 0.05) is 11.6 Å². The Morgan fingerprint density at radius 3 is 2.29 bits per heavy atom. The quantitative estimate of drug-likeness (QED) is 0.838. The molecule has 1 rings (SSSR count). The zero-order valence-electron chi connectivity index (χ0n) is 8.55. The number of rotatable bonds is 4. The lowest BCUT2D eigenvalue weighted by molar-refractivity contribution is -0.138. The summed E-state index contributed by atoms with van der Waals surface area (Å²) in [4.78, 5) is 0. The van der Waals surface area contributed by atoms with Gasteiger partial charge in [-0.1, -0.05) is 18.2 Å². The van der Waals surface area contributed by atoms with Gasteiger partial charge in [-0.2, -0.15) is 22.0 Å². The lowest BCUT2D eigenvalue weighted by atomic mass is 10.0. The molecule has 0 saturated carbocycles. The first kappa shape index (κ1) is 13.7. The van der Waals surface area contributed by atoms with Gasteiger partial charge in [-0.05, 0) is 6.07 Å². The largest absolute Gasteiger partial charge is 0.434 e. The Balaban J connectivity index is 2.88. The van der Waals surface area contributed by atoms with E-state index in [4.69, 9.17) is 5.73 Å². The van der Waals surface area contributed by atoms with Crippen molar-refractivity contribution >= 4 is 0 Å². The standard InChI is InChI=1S/C10H10F5NO/c11-9(12)17-8-4-2-1-3-6(8)7(16)5-10(13,14)15/h1-4,7,9H,5,16H2/t7-/m1/s1. The van der Waals surface area contributed by atoms with Crippen molar-refractivity contribution in [2.75, 3.05) is 0 Å². The summed E-state index contributed by atoms with van der Waals surface area (Å²) < 4.78 is 64.5. The van der Waals surface area contributed by atoms with E-state index in [-0.39, 0.29) is 11.3 Å². The minimum absolute atomic E-state index is 0.0925. The third-order valence-corrected chi connectivity index (χ3v) is 1.99. The molecule has 0 aliphatic carbocycles. The van der Waals surface area contributed by atoms with Crippen molar-refractivity contribution in [3.8, 4) is 5.75 Å². The van der Waals surface area contributed by atoms with Crippen LogP contribution in [0.5, 0.6) is 5.75 Å². The summed E-state index contributed by atoms with van der Waals surface area (Å²) in [6.45, 7) is -3.10. The normalized spacial score (nSPS) is 13.8. The second-order valence-electron chi connectivity index (χ2n) is 3.34. The van der Waals surface area contributed by atoms with Gasteiger partial charge in [0.1, 0.15) is 5.75 Å². The fourth-order valence-corrected chi connectivity index (χ4v) is 1.35. The van der Waals surface area contributed by atoms with E-state index < -0.39 is 25.3 Å². The first-order valence-electron chi connectivity index (χ1n) is 4.65. The highest BCUT2D eigenvalue weighted by Gasteiger charge is 2.32. The molecule has 0 heterocycles. The molecule has 2 nitrogen and oxygen atoms in total. The van der Waals surface area contributed by atoms with Crippen LogP contribution in [-0.2, 0) is 0 Å². The highest BCUT2D eigenvalue weighted by atomic mass is 19.4. The molecular formula is C10H10F5NO. The van der Waals surface area contributed by atoms with Crippen LogP contribution in [0.25, 0.3) is 0 Å². The third-order valence-electron chi connectivity index (χ3n) is 1.99. The molecule has 7 heteroatoms. The van der Waals surface area contributed by atoms with Gasteiger partial charge in [-0.3, -0.25) is 0 Å².